The molecular formula is C17H15N5O3S. The zero-order valence-electron chi connectivity index (χ0n) is 13.5. The standard InChI is InChI=1S/C17H15N5O3S/c23-15-11-14(12-7-3-1-4-8-12)22-17(18-15)19-16(20-22)21-26(24,25)13-9-5-2-6-10-13/h1-10,14H,11H2,(H2,18,19,20,21,23)/t14-/m0/s1. The molecule has 0 saturated carbocycles. The van der Waals surface area contributed by atoms with Gasteiger partial charge in [-0.15, -0.1) is 5.10 Å². The highest BCUT2D eigenvalue weighted by molar-refractivity contribution is 7.92. The van der Waals surface area contributed by atoms with Gasteiger partial charge < -0.3 is 0 Å². The summed E-state index contributed by atoms with van der Waals surface area (Å²) in [4.78, 5) is 16.2. The van der Waals surface area contributed by atoms with Crippen molar-refractivity contribution in [1.29, 1.82) is 0 Å². The SMILES string of the molecule is O=C1C[C@@H](c2ccccc2)n2nc(NS(=O)(=O)c3ccccc3)nc2N1. The van der Waals surface area contributed by atoms with Crippen LogP contribution in [-0.4, -0.2) is 29.1 Å². The summed E-state index contributed by atoms with van der Waals surface area (Å²) in [6.45, 7) is 0. The Labute approximate surface area is 149 Å². The first-order chi connectivity index (χ1) is 12.5. The lowest BCUT2D eigenvalue weighted by atomic mass is 10.0. The first-order valence-electron chi connectivity index (χ1n) is 7.92. The number of hydrogen-bond acceptors (Lipinski definition) is 5. The Morgan fingerprint density at radius 3 is 2.38 bits per heavy atom. The van der Waals surface area contributed by atoms with E-state index in [0.29, 0.717) is 0 Å². The Kier molecular flexibility index (Phi) is 3.92. The molecule has 2 heterocycles. The molecule has 3 aromatic rings. The van der Waals surface area contributed by atoms with E-state index in [2.05, 4.69) is 20.1 Å². The van der Waals surface area contributed by atoms with Gasteiger partial charge in [0.15, 0.2) is 0 Å². The van der Waals surface area contributed by atoms with Crippen molar-refractivity contribution in [2.45, 2.75) is 17.4 Å². The number of amides is 1. The first-order valence-corrected chi connectivity index (χ1v) is 9.40. The zero-order valence-corrected chi connectivity index (χ0v) is 14.3. The Bertz CT molecular complexity index is 1050. The van der Waals surface area contributed by atoms with E-state index in [1.165, 1.54) is 16.8 Å². The number of aromatic nitrogens is 3. The molecule has 0 spiro atoms. The molecule has 1 amide bonds. The van der Waals surface area contributed by atoms with Crippen LogP contribution < -0.4 is 10.0 Å². The molecule has 2 aromatic carbocycles. The third-order valence-corrected chi connectivity index (χ3v) is 5.36. The number of nitrogens with zero attached hydrogens (tertiary/aromatic N) is 3. The summed E-state index contributed by atoms with van der Waals surface area (Å²) in [5, 5.41) is 6.88. The van der Waals surface area contributed by atoms with Gasteiger partial charge in [-0.3, -0.25) is 10.1 Å². The van der Waals surface area contributed by atoms with Crippen molar-refractivity contribution in [3.8, 4) is 0 Å². The van der Waals surface area contributed by atoms with Gasteiger partial charge in [0.1, 0.15) is 0 Å². The molecule has 1 aliphatic heterocycles. The molecule has 0 fully saturated rings. The van der Waals surface area contributed by atoms with Gasteiger partial charge in [-0.25, -0.2) is 17.8 Å². The lowest BCUT2D eigenvalue weighted by Crippen LogP contribution is -2.29. The van der Waals surface area contributed by atoms with Gasteiger partial charge in [0.2, 0.25) is 11.9 Å². The predicted octanol–water partition coefficient (Wildman–Crippen LogP) is 2.01. The molecule has 2 N–H and O–H groups in total. The minimum Gasteiger partial charge on any atom is -0.295 e. The second-order valence-electron chi connectivity index (χ2n) is 5.80. The molecule has 1 aliphatic rings. The Balaban J connectivity index is 1.68. The van der Waals surface area contributed by atoms with Crippen LogP contribution in [0.2, 0.25) is 0 Å². The second kappa shape index (κ2) is 6.26. The van der Waals surface area contributed by atoms with Gasteiger partial charge >= 0.3 is 0 Å². The van der Waals surface area contributed by atoms with Crippen molar-refractivity contribution in [3.05, 3.63) is 66.2 Å². The number of fused-ring (bicyclic) bond motifs is 1. The number of anilines is 2. The lowest BCUT2D eigenvalue weighted by Gasteiger charge is -2.23. The van der Waals surface area contributed by atoms with Gasteiger partial charge in [0.05, 0.1) is 17.4 Å². The Morgan fingerprint density at radius 2 is 1.69 bits per heavy atom. The quantitative estimate of drug-likeness (QED) is 0.732. The van der Waals surface area contributed by atoms with Crippen LogP contribution in [0.15, 0.2) is 65.6 Å². The van der Waals surface area contributed by atoms with E-state index in [9.17, 15) is 13.2 Å². The van der Waals surface area contributed by atoms with Gasteiger partial charge in [0, 0.05) is 0 Å². The van der Waals surface area contributed by atoms with Crippen molar-refractivity contribution in [2.75, 3.05) is 10.0 Å². The van der Waals surface area contributed by atoms with E-state index in [4.69, 9.17) is 0 Å². The van der Waals surface area contributed by atoms with Gasteiger partial charge in [0.25, 0.3) is 16.0 Å². The minimum atomic E-state index is -3.81. The summed E-state index contributed by atoms with van der Waals surface area (Å²) in [5.41, 5.74) is 0.894. The third-order valence-electron chi connectivity index (χ3n) is 4.02. The summed E-state index contributed by atoms with van der Waals surface area (Å²) in [7, 11) is -3.81. The number of carbonyl (C=O) groups is 1. The van der Waals surface area contributed by atoms with Crippen LogP contribution in [-0.2, 0) is 14.8 Å². The molecule has 8 nitrogen and oxygen atoms in total. The van der Waals surface area contributed by atoms with Gasteiger partial charge in [-0.2, -0.15) is 4.98 Å². The third kappa shape index (κ3) is 3.04. The fourth-order valence-electron chi connectivity index (χ4n) is 2.82. The van der Waals surface area contributed by atoms with E-state index in [0.717, 1.165) is 5.56 Å². The molecular weight excluding hydrogens is 354 g/mol. The minimum absolute atomic E-state index is 0.0908. The molecule has 132 valence electrons. The van der Waals surface area contributed by atoms with Crippen LogP contribution in [0.5, 0.6) is 0 Å². The van der Waals surface area contributed by atoms with Crippen LogP contribution in [0.3, 0.4) is 0 Å². The topological polar surface area (TPSA) is 106 Å². The van der Waals surface area contributed by atoms with Crippen LogP contribution >= 0.6 is 0 Å². The fourth-order valence-corrected chi connectivity index (χ4v) is 3.78. The highest BCUT2D eigenvalue weighted by atomic mass is 32.2. The number of nitrogens with one attached hydrogen (secondary N) is 2. The molecule has 0 bridgehead atoms. The average Bonchev–Trinajstić information content (AvgIpc) is 3.03. The summed E-state index contributed by atoms with van der Waals surface area (Å²) < 4.78 is 28.8. The van der Waals surface area contributed by atoms with Crippen LogP contribution in [0, 0.1) is 0 Å². The largest absolute Gasteiger partial charge is 0.295 e. The molecule has 0 radical (unpaired) electrons. The van der Waals surface area contributed by atoms with E-state index in [1.54, 1.807) is 18.2 Å². The Hall–Kier alpha value is -3.20. The van der Waals surface area contributed by atoms with E-state index in [-0.39, 0.29) is 35.2 Å². The van der Waals surface area contributed by atoms with E-state index in [1.807, 2.05) is 30.3 Å². The first kappa shape index (κ1) is 16.3. The van der Waals surface area contributed by atoms with Crippen molar-refractivity contribution >= 4 is 27.8 Å². The monoisotopic (exact) mass is 369 g/mol. The normalized spacial score (nSPS) is 16.6. The summed E-state index contributed by atoms with van der Waals surface area (Å²) in [6.07, 6.45) is 0.200. The molecule has 9 heteroatoms. The molecule has 26 heavy (non-hydrogen) atoms. The summed E-state index contributed by atoms with van der Waals surface area (Å²) in [5.74, 6) is -0.0796. The fraction of sp³-hybridized carbons (Fsp3) is 0.118. The molecule has 0 saturated heterocycles. The average molecular weight is 369 g/mol. The van der Waals surface area contributed by atoms with Gasteiger partial charge in [-0.05, 0) is 17.7 Å². The molecule has 4 rings (SSSR count). The number of sulfonamides is 1. The number of hydrogen-bond donors (Lipinski definition) is 2. The maximum atomic E-state index is 12.4. The van der Waals surface area contributed by atoms with Crippen LogP contribution in [0.4, 0.5) is 11.9 Å². The van der Waals surface area contributed by atoms with E-state index < -0.39 is 10.0 Å². The predicted molar refractivity (Wildman–Crippen MR) is 95.1 cm³/mol. The van der Waals surface area contributed by atoms with Crippen molar-refractivity contribution in [1.82, 2.24) is 14.8 Å². The zero-order chi connectivity index (χ0) is 18.1. The summed E-state index contributed by atoms with van der Waals surface area (Å²) >= 11 is 0. The number of carbonyl (C=O) groups excluding carboxylic acids is 1. The van der Waals surface area contributed by atoms with Crippen molar-refractivity contribution < 1.29 is 13.2 Å². The highest BCUT2D eigenvalue weighted by Gasteiger charge is 2.30. The van der Waals surface area contributed by atoms with Gasteiger partial charge in [-0.1, -0.05) is 48.5 Å². The summed E-state index contributed by atoms with van der Waals surface area (Å²) in [6, 6.07) is 17.0. The highest BCUT2D eigenvalue weighted by Crippen LogP contribution is 2.30. The maximum absolute atomic E-state index is 12.4. The lowest BCUT2D eigenvalue weighted by molar-refractivity contribution is -0.117. The Morgan fingerprint density at radius 1 is 1.04 bits per heavy atom. The van der Waals surface area contributed by atoms with Crippen molar-refractivity contribution in [3.63, 3.8) is 0 Å². The molecule has 0 aliphatic carbocycles. The van der Waals surface area contributed by atoms with Crippen LogP contribution in [0.1, 0.15) is 18.0 Å². The molecule has 0 unspecified atom stereocenters. The number of benzene rings is 2. The van der Waals surface area contributed by atoms with E-state index >= 15 is 0 Å². The molecule has 1 atom stereocenters. The smallest absolute Gasteiger partial charge is 0.264 e. The number of rotatable bonds is 4. The van der Waals surface area contributed by atoms with Crippen LogP contribution in [0.25, 0.3) is 0 Å². The van der Waals surface area contributed by atoms with Crippen molar-refractivity contribution in [2.24, 2.45) is 0 Å². The second-order valence-corrected chi connectivity index (χ2v) is 7.48. The molecule has 1 aromatic heterocycles. The maximum Gasteiger partial charge on any atom is 0.264 e.